The van der Waals surface area contributed by atoms with E-state index < -0.39 is 16.0 Å². The number of hydrogen-bond acceptors (Lipinski definition) is 3. The van der Waals surface area contributed by atoms with Gasteiger partial charge >= 0.3 is 5.97 Å². The van der Waals surface area contributed by atoms with Crippen molar-refractivity contribution in [1.82, 2.24) is 0 Å². The standard InChI is InChI=1S/C11H12BrNO4S/c12-8-3-4-9(11(14)15)10(7-8)13-5-1-2-6-18(13,16)17/h3-4,7H,1-2,5-6H2,(H,14,15). The first-order valence-electron chi connectivity index (χ1n) is 5.45. The molecule has 2 rings (SSSR count). The highest BCUT2D eigenvalue weighted by Gasteiger charge is 2.29. The van der Waals surface area contributed by atoms with Gasteiger partial charge in [-0.15, -0.1) is 0 Å². The molecule has 1 N–H and O–H groups in total. The molecule has 0 unspecified atom stereocenters. The highest BCUT2D eigenvalue weighted by Crippen LogP contribution is 2.30. The molecule has 0 radical (unpaired) electrons. The molecule has 7 heteroatoms. The Labute approximate surface area is 114 Å². The van der Waals surface area contributed by atoms with Crippen LogP contribution in [0.15, 0.2) is 22.7 Å². The fraction of sp³-hybridized carbons (Fsp3) is 0.364. The molecule has 0 aliphatic carbocycles. The van der Waals surface area contributed by atoms with E-state index in [2.05, 4.69) is 15.9 Å². The van der Waals surface area contributed by atoms with Crippen molar-refractivity contribution in [1.29, 1.82) is 0 Å². The number of anilines is 1. The van der Waals surface area contributed by atoms with E-state index >= 15 is 0 Å². The Morgan fingerprint density at radius 2 is 2.06 bits per heavy atom. The van der Waals surface area contributed by atoms with Gasteiger partial charge in [0.05, 0.1) is 17.0 Å². The molecule has 1 saturated heterocycles. The summed E-state index contributed by atoms with van der Waals surface area (Å²) in [4.78, 5) is 11.1. The minimum atomic E-state index is -3.40. The number of nitrogens with zero attached hydrogens (tertiary/aromatic N) is 1. The number of carbonyl (C=O) groups is 1. The third kappa shape index (κ3) is 2.51. The van der Waals surface area contributed by atoms with E-state index in [4.69, 9.17) is 5.11 Å². The summed E-state index contributed by atoms with van der Waals surface area (Å²) in [5, 5.41) is 9.12. The van der Waals surface area contributed by atoms with Crippen LogP contribution in [0.3, 0.4) is 0 Å². The lowest BCUT2D eigenvalue weighted by atomic mass is 10.1. The Morgan fingerprint density at radius 3 is 2.67 bits per heavy atom. The van der Waals surface area contributed by atoms with E-state index in [-0.39, 0.29) is 17.0 Å². The van der Waals surface area contributed by atoms with Crippen LogP contribution >= 0.6 is 15.9 Å². The van der Waals surface area contributed by atoms with Gasteiger partial charge in [-0.2, -0.15) is 0 Å². The molecule has 1 aliphatic rings. The smallest absolute Gasteiger partial charge is 0.337 e. The summed E-state index contributed by atoms with van der Waals surface area (Å²) in [5.41, 5.74) is 0.236. The van der Waals surface area contributed by atoms with Crippen molar-refractivity contribution in [2.24, 2.45) is 0 Å². The number of carboxylic acid groups (broad SMARTS) is 1. The first-order chi connectivity index (χ1) is 8.42. The van der Waals surface area contributed by atoms with Gasteiger partial charge in [-0.1, -0.05) is 15.9 Å². The van der Waals surface area contributed by atoms with Crippen LogP contribution in [0.25, 0.3) is 0 Å². The van der Waals surface area contributed by atoms with Gasteiger partial charge in [-0.3, -0.25) is 4.31 Å². The normalized spacial score (nSPS) is 18.6. The zero-order valence-electron chi connectivity index (χ0n) is 9.47. The van der Waals surface area contributed by atoms with Crippen LogP contribution in [0.1, 0.15) is 23.2 Å². The number of halogens is 1. The Balaban J connectivity index is 2.55. The third-order valence-corrected chi connectivity index (χ3v) is 5.16. The lowest BCUT2D eigenvalue weighted by Crippen LogP contribution is -2.38. The van der Waals surface area contributed by atoms with Gasteiger partial charge in [0.15, 0.2) is 0 Å². The predicted molar refractivity (Wildman–Crippen MR) is 71.5 cm³/mol. The van der Waals surface area contributed by atoms with Gasteiger partial charge in [0.25, 0.3) is 0 Å². The van der Waals surface area contributed by atoms with Crippen LogP contribution in [0, 0.1) is 0 Å². The molecule has 1 fully saturated rings. The zero-order valence-corrected chi connectivity index (χ0v) is 11.9. The summed E-state index contributed by atoms with van der Waals surface area (Å²) in [7, 11) is -3.40. The van der Waals surface area contributed by atoms with Crippen LogP contribution in [0.2, 0.25) is 0 Å². The third-order valence-electron chi connectivity index (χ3n) is 2.81. The second kappa shape index (κ2) is 4.89. The zero-order chi connectivity index (χ0) is 13.3. The summed E-state index contributed by atoms with van der Waals surface area (Å²) in [6.45, 7) is 0.332. The summed E-state index contributed by atoms with van der Waals surface area (Å²) in [6, 6.07) is 4.53. The summed E-state index contributed by atoms with van der Waals surface area (Å²) in [6.07, 6.45) is 1.36. The number of sulfonamides is 1. The van der Waals surface area contributed by atoms with Crippen molar-refractivity contribution >= 4 is 37.6 Å². The Kier molecular flexibility index (Phi) is 3.63. The molecule has 0 saturated carbocycles. The summed E-state index contributed by atoms with van der Waals surface area (Å²) >= 11 is 3.24. The van der Waals surface area contributed by atoms with Gasteiger partial charge in [-0.05, 0) is 31.0 Å². The molecule has 0 amide bonds. The SMILES string of the molecule is O=C(O)c1ccc(Br)cc1N1CCCCS1(=O)=O. The molecular weight excluding hydrogens is 322 g/mol. The van der Waals surface area contributed by atoms with Gasteiger partial charge in [0.2, 0.25) is 10.0 Å². The molecule has 0 spiro atoms. The van der Waals surface area contributed by atoms with Gasteiger partial charge < -0.3 is 5.11 Å². The summed E-state index contributed by atoms with van der Waals surface area (Å²) < 4.78 is 25.8. The maximum absolute atomic E-state index is 12.0. The van der Waals surface area contributed by atoms with E-state index in [0.717, 1.165) is 6.42 Å². The van der Waals surface area contributed by atoms with E-state index in [1.165, 1.54) is 16.4 Å². The molecule has 0 bridgehead atoms. The molecule has 1 heterocycles. The maximum atomic E-state index is 12.0. The number of carboxylic acids is 1. The molecule has 0 atom stereocenters. The summed E-state index contributed by atoms with van der Waals surface area (Å²) in [5.74, 6) is -1.06. The first-order valence-corrected chi connectivity index (χ1v) is 7.85. The van der Waals surface area contributed by atoms with Gasteiger partial charge in [0.1, 0.15) is 0 Å². The van der Waals surface area contributed by atoms with Crippen molar-refractivity contribution < 1.29 is 18.3 Å². The fourth-order valence-corrected chi connectivity index (χ4v) is 3.95. The molecule has 1 aromatic rings. The molecular formula is C11H12BrNO4S. The van der Waals surface area contributed by atoms with Crippen LogP contribution in [-0.4, -0.2) is 31.8 Å². The fourth-order valence-electron chi connectivity index (χ4n) is 1.95. The van der Waals surface area contributed by atoms with E-state index in [1.807, 2.05) is 0 Å². The number of rotatable bonds is 2. The van der Waals surface area contributed by atoms with Crippen LogP contribution in [0.5, 0.6) is 0 Å². The number of aromatic carboxylic acids is 1. The van der Waals surface area contributed by atoms with Crippen molar-refractivity contribution in [3.63, 3.8) is 0 Å². The van der Waals surface area contributed by atoms with Crippen LogP contribution in [0.4, 0.5) is 5.69 Å². The minimum absolute atomic E-state index is 0.00340. The Hall–Kier alpha value is -1.08. The van der Waals surface area contributed by atoms with Crippen molar-refractivity contribution in [3.05, 3.63) is 28.2 Å². The van der Waals surface area contributed by atoms with Gasteiger partial charge in [-0.25, -0.2) is 13.2 Å². The van der Waals surface area contributed by atoms with Gasteiger partial charge in [0, 0.05) is 11.0 Å². The minimum Gasteiger partial charge on any atom is -0.478 e. The van der Waals surface area contributed by atoms with E-state index in [9.17, 15) is 13.2 Å². The molecule has 1 aromatic carbocycles. The van der Waals surface area contributed by atoms with Crippen molar-refractivity contribution in [2.75, 3.05) is 16.6 Å². The molecule has 1 aliphatic heterocycles. The van der Waals surface area contributed by atoms with Crippen molar-refractivity contribution in [2.45, 2.75) is 12.8 Å². The lowest BCUT2D eigenvalue weighted by Gasteiger charge is -2.29. The number of benzene rings is 1. The lowest BCUT2D eigenvalue weighted by molar-refractivity contribution is 0.0697. The Morgan fingerprint density at radius 1 is 1.33 bits per heavy atom. The molecule has 98 valence electrons. The van der Waals surface area contributed by atoms with E-state index in [1.54, 1.807) is 6.07 Å². The monoisotopic (exact) mass is 333 g/mol. The quantitative estimate of drug-likeness (QED) is 0.899. The predicted octanol–water partition coefficient (Wildman–Crippen LogP) is 2.08. The van der Waals surface area contributed by atoms with E-state index in [0.29, 0.717) is 17.4 Å². The first kappa shape index (κ1) is 13.4. The average molecular weight is 334 g/mol. The second-order valence-corrected chi connectivity index (χ2v) is 6.99. The average Bonchev–Trinajstić information content (AvgIpc) is 2.27. The largest absolute Gasteiger partial charge is 0.478 e. The molecule has 0 aromatic heterocycles. The highest BCUT2D eigenvalue weighted by atomic mass is 79.9. The van der Waals surface area contributed by atoms with Crippen LogP contribution < -0.4 is 4.31 Å². The molecule has 18 heavy (non-hydrogen) atoms. The number of hydrogen-bond donors (Lipinski definition) is 1. The van der Waals surface area contributed by atoms with Crippen molar-refractivity contribution in [3.8, 4) is 0 Å². The Bertz CT molecular complexity index is 585. The molecule has 5 nitrogen and oxygen atoms in total. The second-order valence-electron chi connectivity index (χ2n) is 4.06. The topological polar surface area (TPSA) is 74.7 Å². The maximum Gasteiger partial charge on any atom is 0.337 e. The van der Waals surface area contributed by atoms with Crippen LogP contribution in [-0.2, 0) is 10.0 Å². The highest BCUT2D eigenvalue weighted by molar-refractivity contribution is 9.10.